The lowest BCUT2D eigenvalue weighted by atomic mass is 9.94. The van der Waals surface area contributed by atoms with Gasteiger partial charge in [0.1, 0.15) is 5.82 Å². The van der Waals surface area contributed by atoms with Gasteiger partial charge in [-0.05, 0) is 25.3 Å². The lowest BCUT2D eigenvalue weighted by Gasteiger charge is -2.44. The first kappa shape index (κ1) is 21.2. The number of aliphatic hydroxyl groups excluding tert-OH is 1. The Labute approximate surface area is 166 Å². The molecule has 2 aliphatic rings. The fourth-order valence-electron chi connectivity index (χ4n) is 4.02. The summed E-state index contributed by atoms with van der Waals surface area (Å²) in [5.41, 5.74) is 0.607. The zero-order valence-electron chi connectivity index (χ0n) is 16.5. The highest BCUT2D eigenvalue weighted by atomic mass is 19.1. The second-order valence-electron chi connectivity index (χ2n) is 7.71. The number of β-amino-alcohol motifs (C(OH)–C–C–N with tert-alkyl or cyclic N) is 1. The molecule has 0 unspecified atom stereocenters. The summed E-state index contributed by atoms with van der Waals surface area (Å²) in [5, 5.41) is 13.1. The number of halogens is 1. The minimum Gasteiger partial charge on any atom is -0.389 e. The molecule has 0 saturated carbocycles. The van der Waals surface area contributed by atoms with Gasteiger partial charge in [0.2, 0.25) is 5.91 Å². The molecule has 0 radical (unpaired) electrons. The molecule has 28 heavy (non-hydrogen) atoms. The van der Waals surface area contributed by atoms with Gasteiger partial charge in [-0.25, -0.2) is 4.39 Å². The van der Waals surface area contributed by atoms with E-state index in [1.807, 2.05) is 13.0 Å². The highest BCUT2D eigenvalue weighted by Crippen LogP contribution is 2.29. The summed E-state index contributed by atoms with van der Waals surface area (Å²) in [7, 11) is 0. The number of hydrogen-bond acceptors (Lipinski definition) is 5. The molecular formula is C21H31FN2O4. The lowest BCUT2D eigenvalue weighted by Crippen LogP contribution is -2.55. The number of rotatable bonds is 6. The average Bonchev–Trinajstić information content (AvgIpc) is 2.66. The van der Waals surface area contributed by atoms with E-state index in [1.54, 1.807) is 12.1 Å². The number of hydrogen-bond donors (Lipinski definition) is 2. The molecule has 0 spiro atoms. The van der Waals surface area contributed by atoms with Crippen molar-refractivity contribution in [3.8, 4) is 0 Å². The van der Waals surface area contributed by atoms with Crippen molar-refractivity contribution in [2.45, 2.75) is 63.5 Å². The molecule has 0 aromatic heterocycles. The van der Waals surface area contributed by atoms with Crippen molar-refractivity contribution in [1.29, 1.82) is 0 Å². The molecule has 4 atom stereocenters. The number of ether oxygens (including phenoxy) is 2. The van der Waals surface area contributed by atoms with Crippen LogP contribution in [0.2, 0.25) is 0 Å². The van der Waals surface area contributed by atoms with E-state index in [-0.39, 0.29) is 36.6 Å². The second-order valence-corrected chi connectivity index (χ2v) is 7.71. The van der Waals surface area contributed by atoms with Crippen LogP contribution in [-0.4, -0.2) is 66.6 Å². The predicted octanol–water partition coefficient (Wildman–Crippen LogP) is 1.85. The normalized spacial score (nSPS) is 28.8. The van der Waals surface area contributed by atoms with Crippen LogP contribution in [0.3, 0.4) is 0 Å². The van der Waals surface area contributed by atoms with E-state index >= 15 is 0 Å². The second kappa shape index (κ2) is 10.3. The summed E-state index contributed by atoms with van der Waals surface area (Å²) in [6.07, 6.45) is 1.87. The average molecular weight is 394 g/mol. The van der Waals surface area contributed by atoms with Crippen LogP contribution in [0.1, 0.15) is 38.2 Å². The van der Waals surface area contributed by atoms with E-state index in [1.165, 1.54) is 6.07 Å². The standard InChI is InChI=1S/C21H31FN2O4/c1-2-9-23-21(26)10-17-7-8-19-20(28-17)14-27-13-16(25)12-24(19)11-15-5-3-4-6-18(15)22/h3-6,16-17,19-20,25H,2,7-14H2,1H3,(H,23,26)/t16-,17-,19-,20+/m0/s1. The van der Waals surface area contributed by atoms with E-state index < -0.39 is 6.10 Å². The zero-order chi connectivity index (χ0) is 19.9. The van der Waals surface area contributed by atoms with Gasteiger partial charge in [0.15, 0.2) is 0 Å². The summed E-state index contributed by atoms with van der Waals surface area (Å²) in [4.78, 5) is 14.1. The van der Waals surface area contributed by atoms with Crippen molar-refractivity contribution in [2.75, 3.05) is 26.3 Å². The highest BCUT2D eigenvalue weighted by Gasteiger charge is 2.38. The molecule has 0 bridgehead atoms. The molecule has 6 nitrogen and oxygen atoms in total. The third kappa shape index (κ3) is 5.73. The topological polar surface area (TPSA) is 71.0 Å². The summed E-state index contributed by atoms with van der Waals surface area (Å²) in [6, 6.07) is 6.75. The van der Waals surface area contributed by atoms with E-state index in [0.29, 0.717) is 38.2 Å². The molecule has 3 rings (SSSR count). The van der Waals surface area contributed by atoms with Gasteiger partial charge >= 0.3 is 0 Å². The van der Waals surface area contributed by atoms with Gasteiger partial charge in [0.25, 0.3) is 0 Å². The highest BCUT2D eigenvalue weighted by molar-refractivity contribution is 5.76. The van der Waals surface area contributed by atoms with Crippen molar-refractivity contribution in [3.63, 3.8) is 0 Å². The Hall–Kier alpha value is -1.54. The molecule has 2 heterocycles. The number of aliphatic hydroxyl groups is 1. The Balaban J connectivity index is 1.66. The summed E-state index contributed by atoms with van der Waals surface area (Å²) in [5.74, 6) is -0.232. The van der Waals surface area contributed by atoms with Gasteiger partial charge in [0.05, 0.1) is 37.9 Å². The number of carbonyl (C=O) groups excluding carboxylic acids is 1. The number of fused-ring (bicyclic) bond motifs is 1. The third-order valence-electron chi connectivity index (χ3n) is 5.40. The van der Waals surface area contributed by atoms with Crippen LogP contribution in [0, 0.1) is 5.82 Å². The van der Waals surface area contributed by atoms with E-state index in [2.05, 4.69) is 10.2 Å². The van der Waals surface area contributed by atoms with Crippen LogP contribution in [0.25, 0.3) is 0 Å². The van der Waals surface area contributed by atoms with Crippen LogP contribution >= 0.6 is 0 Å². The molecule has 1 aromatic rings. The lowest BCUT2D eigenvalue weighted by molar-refractivity contribution is -0.158. The number of amides is 1. The number of nitrogens with one attached hydrogen (secondary N) is 1. The largest absolute Gasteiger partial charge is 0.389 e. The maximum absolute atomic E-state index is 14.2. The monoisotopic (exact) mass is 394 g/mol. The number of nitrogens with zero attached hydrogens (tertiary/aromatic N) is 1. The molecule has 2 saturated heterocycles. The number of benzene rings is 1. The first-order valence-electron chi connectivity index (χ1n) is 10.2. The van der Waals surface area contributed by atoms with Gasteiger partial charge in [-0.2, -0.15) is 0 Å². The van der Waals surface area contributed by atoms with Crippen molar-refractivity contribution in [1.82, 2.24) is 10.2 Å². The zero-order valence-corrected chi connectivity index (χ0v) is 16.5. The van der Waals surface area contributed by atoms with Crippen molar-refractivity contribution in [2.24, 2.45) is 0 Å². The Morgan fingerprint density at radius 2 is 2.14 bits per heavy atom. The number of carbonyl (C=O) groups is 1. The summed E-state index contributed by atoms with van der Waals surface area (Å²) in [6.45, 7) is 4.10. The van der Waals surface area contributed by atoms with Gasteiger partial charge in [-0.3, -0.25) is 9.69 Å². The fourth-order valence-corrected chi connectivity index (χ4v) is 4.02. The molecule has 1 amide bonds. The predicted molar refractivity (Wildman–Crippen MR) is 103 cm³/mol. The van der Waals surface area contributed by atoms with Crippen LogP contribution in [0.4, 0.5) is 4.39 Å². The molecule has 1 aromatic carbocycles. The van der Waals surface area contributed by atoms with Gasteiger partial charge in [0, 0.05) is 31.2 Å². The SMILES string of the molecule is CCCNC(=O)C[C@@H]1CC[C@H]2[C@@H](COC[C@@H](O)CN2Cc2ccccc2F)O1. The molecule has 156 valence electrons. The fraction of sp³-hybridized carbons (Fsp3) is 0.667. The van der Waals surface area contributed by atoms with Gasteiger partial charge < -0.3 is 19.9 Å². The molecule has 2 aliphatic heterocycles. The Bertz CT molecular complexity index is 645. The smallest absolute Gasteiger partial charge is 0.222 e. The van der Waals surface area contributed by atoms with Crippen LogP contribution in [0.5, 0.6) is 0 Å². The third-order valence-corrected chi connectivity index (χ3v) is 5.40. The quantitative estimate of drug-likeness (QED) is 0.771. The van der Waals surface area contributed by atoms with Crippen LogP contribution < -0.4 is 5.32 Å². The molecule has 0 aliphatic carbocycles. The molecule has 2 fully saturated rings. The summed E-state index contributed by atoms with van der Waals surface area (Å²) < 4.78 is 26.0. The van der Waals surface area contributed by atoms with Crippen molar-refractivity contribution in [3.05, 3.63) is 35.6 Å². The first-order valence-corrected chi connectivity index (χ1v) is 10.2. The van der Waals surface area contributed by atoms with Crippen molar-refractivity contribution < 1.29 is 23.8 Å². The maximum atomic E-state index is 14.2. The van der Waals surface area contributed by atoms with E-state index in [9.17, 15) is 14.3 Å². The van der Waals surface area contributed by atoms with E-state index in [4.69, 9.17) is 9.47 Å². The Morgan fingerprint density at radius 1 is 1.32 bits per heavy atom. The maximum Gasteiger partial charge on any atom is 0.222 e. The van der Waals surface area contributed by atoms with Crippen LogP contribution in [-0.2, 0) is 20.8 Å². The van der Waals surface area contributed by atoms with Crippen LogP contribution in [0.15, 0.2) is 24.3 Å². The van der Waals surface area contributed by atoms with E-state index in [0.717, 1.165) is 19.3 Å². The minimum absolute atomic E-state index is 0.00991. The van der Waals surface area contributed by atoms with Gasteiger partial charge in [-0.15, -0.1) is 0 Å². The summed E-state index contributed by atoms with van der Waals surface area (Å²) >= 11 is 0. The Morgan fingerprint density at radius 3 is 2.93 bits per heavy atom. The minimum atomic E-state index is -0.620. The first-order chi connectivity index (χ1) is 13.6. The molecule has 7 heteroatoms. The Kier molecular flexibility index (Phi) is 7.79. The molecule has 2 N–H and O–H groups in total. The van der Waals surface area contributed by atoms with Gasteiger partial charge in [-0.1, -0.05) is 25.1 Å². The molecular weight excluding hydrogens is 363 g/mol. The van der Waals surface area contributed by atoms with Crippen molar-refractivity contribution >= 4 is 5.91 Å².